The van der Waals surface area contributed by atoms with Crippen LogP contribution in [0.2, 0.25) is 5.02 Å². The molecule has 13 heteroatoms. The Labute approximate surface area is 204 Å². The maximum absolute atomic E-state index is 12.5. The van der Waals surface area contributed by atoms with Crippen molar-refractivity contribution in [1.82, 2.24) is 24.7 Å². The zero-order chi connectivity index (χ0) is 23.3. The first-order chi connectivity index (χ1) is 15.9. The predicted octanol–water partition coefficient (Wildman–Crippen LogP) is 3.46. The smallest absolute Gasteiger partial charge is 0.316 e. The lowest BCUT2D eigenvalue weighted by molar-refractivity contribution is 0.202. The van der Waals surface area contributed by atoms with Crippen LogP contribution in [0.1, 0.15) is 12.8 Å². The first-order valence-electron chi connectivity index (χ1n) is 10.0. The summed E-state index contributed by atoms with van der Waals surface area (Å²) in [5, 5.41) is 0.536. The molecule has 1 aliphatic carbocycles. The van der Waals surface area contributed by atoms with Crippen molar-refractivity contribution in [2.24, 2.45) is 5.92 Å². The van der Waals surface area contributed by atoms with Gasteiger partial charge in [0.25, 0.3) is 10.2 Å². The highest BCUT2D eigenvalue weighted by Gasteiger charge is 2.25. The van der Waals surface area contributed by atoms with Gasteiger partial charge in [0.15, 0.2) is 5.82 Å². The van der Waals surface area contributed by atoms with Gasteiger partial charge >= 0.3 is 6.01 Å². The second kappa shape index (κ2) is 10.6. The average Bonchev–Trinajstić information content (AvgIpc) is 3.62. The number of ether oxygens (including phenoxy) is 2. The molecule has 2 heterocycles. The van der Waals surface area contributed by atoms with E-state index >= 15 is 0 Å². The summed E-state index contributed by atoms with van der Waals surface area (Å²) >= 11 is 9.28. The molecule has 0 aliphatic heterocycles. The van der Waals surface area contributed by atoms with E-state index in [9.17, 15) is 8.42 Å². The number of nitrogens with zero attached hydrogens (tertiary/aromatic N) is 4. The van der Waals surface area contributed by atoms with Crippen LogP contribution in [0.5, 0.6) is 11.9 Å². The van der Waals surface area contributed by atoms with Gasteiger partial charge in [-0.2, -0.15) is 13.1 Å². The van der Waals surface area contributed by atoms with Crippen LogP contribution >= 0.6 is 27.5 Å². The fourth-order valence-electron chi connectivity index (χ4n) is 2.79. The second-order valence-corrected chi connectivity index (χ2v) is 10.0. The Kier molecular flexibility index (Phi) is 7.58. The third-order valence-corrected chi connectivity index (χ3v) is 6.26. The molecular weight excluding hydrogens is 536 g/mol. The number of nitrogens with one attached hydrogen (secondary N) is 2. The summed E-state index contributed by atoms with van der Waals surface area (Å²) in [6.45, 7) is 0.647. The molecule has 33 heavy (non-hydrogen) atoms. The van der Waals surface area contributed by atoms with E-state index in [0.717, 1.165) is 17.3 Å². The largest absolute Gasteiger partial charge is 0.473 e. The molecule has 0 bridgehead atoms. The van der Waals surface area contributed by atoms with E-state index in [2.05, 4.69) is 45.3 Å². The monoisotopic (exact) mass is 554 g/mol. The molecule has 0 spiro atoms. The van der Waals surface area contributed by atoms with Gasteiger partial charge in [-0.15, -0.1) is 0 Å². The van der Waals surface area contributed by atoms with Gasteiger partial charge in [-0.1, -0.05) is 23.7 Å². The minimum absolute atomic E-state index is 0.0859. The first-order valence-corrected chi connectivity index (χ1v) is 12.7. The summed E-state index contributed by atoms with van der Waals surface area (Å²) < 4.78 is 42.1. The minimum atomic E-state index is -3.83. The number of benzene rings is 1. The van der Waals surface area contributed by atoms with Crippen LogP contribution in [0.25, 0.3) is 11.1 Å². The van der Waals surface area contributed by atoms with Crippen LogP contribution in [0, 0.1) is 5.92 Å². The highest BCUT2D eigenvalue weighted by atomic mass is 79.9. The Hall–Kier alpha value is -2.54. The number of aromatic nitrogens is 4. The predicted molar refractivity (Wildman–Crippen MR) is 126 cm³/mol. The van der Waals surface area contributed by atoms with Gasteiger partial charge in [0.2, 0.25) is 5.88 Å². The molecule has 1 fully saturated rings. The molecule has 0 saturated heterocycles. The quantitative estimate of drug-likeness (QED) is 0.344. The Morgan fingerprint density at radius 2 is 1.73 bits per heavy atom. The lowest BCUT2D eigenvalue weighted by Gasteiger charge is -2.16. The van der Waals surface area contributed by atoms with Crippen LogP contribution in [-0.4, -0.2) is 48.1 Å². The highest BCUT2D eigenvalue weighted by molar-refractivity contribution is 9.10. The van der Waals surface area contributed by atoms with Crippen LogP contribution in [-0.2, 0) is 10.2 Å². The topological polar surface area (TPSA) is 128 Å². The molecule has 1 saturated carbocycles. The van der Waals surface area contributed by atoms with Crippen molar-refractivity contribution in [3.05, 3.63) is 52.5 Å². The van der Waals surface area contributed by atoms with Gasteiger partial charge in [-0.3, -0.25) is 4.72 Å². The number of hydrogen-bond acceptors (Lipinski definition) is 8. The van der Waals surface area contributed by atoms with E-state index in [0.29, 0.717) is 28.6 Å². The summed E-state index contributed by atoms with van der Waals surface area (Å²) in [5.41, 5.74) is 1.01. The van der Waals surface area contributed by atoms with Crippen LogP contribution in [0.4, 0.5) is 5.82 Å². The Bertz CT molecular complexity index is 1190. The number of halogens is 2. The standard InChI is InChI=1S/C20H20BrClN6O4S/c21-15-10-23-20(24-11-15)32-8-7-31-19-17(14-3-5-16(22)6-4-14)18(25-12-26-19)28-33(29,30)27-9-13-1-2-13/h3-6,10-13,27H,1-2,7-9H2,(H,25,26,28). The minimum Gasteiger partial charge on any atom is -0.473 e. The van der Waals surface area contributed by atoms with E-state index in [1.165, 1.54) is 6.33 Å². The molecule has 2 N–H and O–H groups in total. The zero-order valence-electron chi connectivity index (χ0n) is 17.2. The maximum atomic E-state index is 12.5. The van der Waals surface area contributed by atoms with Crippen LogP contribution in [0.3, 0.4) is 0 Å². The van der Waals surface area contributed by atoms with Gasteiger partial charge in [0.05, 0.1) is 10.0 Å². The molecule has 3 aromatic rings. The van der Waals surface area contributed by atoms with Crippen molar-refractivity contribution >= 4 is 43.6 Å². The molecule has 174 valence electrons. The van der Waals surface area contributed by atoms with E-state index in [1.807, 2.05) is 0 Å². The molecule has 10 nitrogen and oxygen atoms in total. The summed E-state index contributed by atoms with van der Waals surface area (Å²) in [6, 6.07) is 7.04. The van der Waals surface area contributed by atoms with Crippen molar-refractivity contribution in [1.29, 1.82) is 0 Å². The lowest BCUT2D eigenvalue weighted by atomic mass is 10.1. The van der Waals surface area contributed by atoms with Crippen molar-refractivity contribution < 1.29 is 17.9 Å². The number of hydrogen-bond donors (Lipinski definition) is 2. The lowest BCUT2D eigenvalue weighted by Crippen LogP contribution is -2.32. The van der Waals surface area contributed by atoms with Gasteiger partial charge in [-0.25, -0.2) is 19.9 Å². The molecule has 0 atom stereocenters. The summed E-state index contributed by atoms with van der Waals surface area (Å²) in [5.74, 6) is 0.659. The van der Waals surface area contributed by atoms with Crippen molar-refractivity contribution in [3.8, 4) is 23.0 Å². The highest BCUT2D eigenvalue weighted by Crippen LogP contribution is 2.35. The summed E-state index contributed by atoms with van der Waals surface area (Å²) in [7, 11) is -3.83. The number of anilines is 1. The summed E-state index contributed by atoms with van der Waals surface area (Å²) in [6.07, 6.45) is 6.42. The van der Waals surface area contributed by atoms with E-state index in [1.54, 1.807) is 36.7 Å². The molecule has 0 radical (unpaired) electrons. The SMILES string of the molecule is O=S(=O)(NCC1CC1)Nc1ncnc(OCCOc2ncc(Br)cn2)c1-c1ccc(Cl)cc1. The second-order valence-electron chi connectivity index (χ2n) is 7.19. The molecular formula is C20H20BrClN6O4S. The third-order valence-electron chi connectivity index (χ3n) is 4.59. The zero-order valence-corrected chi connectivity index (χ0v) is 20.4. The molecule has 1 aromatic carbocycles. The van der Waals surface area contributed by atoms with Gasteiger partial charge in [0.1, 0.15) is 19.5 Å². The molecule has 0 amide bonds. The third kappa shape index (κ3) is 6.97. The molecule has 0 unspecified atom stereocenters. The Morgan fingerprint density at radius 1 is 1.03 bits per heavy atom. The van der Waals surface area contributed by atoms with Crippen molar-refractivity contribution in [3.63, 3.8) is 0 Å². The molecule has 4 rings (SSSR count). The first kappa shape index (κ1) is 23.6. The Balaban J connectivity index is 1.51. The average molecular weight is 556 g/mol. The summed E-state index contributed by atoms with van der Waals surface area (Å²) in [4.78, 5) is 16.4. The van der Waals surface area contributed by atoms with Gasteiger partial charge < -0.3 is 9.47 Å². The maximum Gasteiger partial charge on any atom is 0.316 e. The van der Waals surface area contributed by atoms with Gasteiger partial charge in [-0.05, 0) is 52.4 Å². The fraction of sp³-hybridized carbons (Fsp3) is 0.300. The van der Waals surface area contributed by atoms with E-state index < -0.39 is 10.2 Å². The van der Waals surface area contributed by atoms with Crippen LogP contribution < -0.4 is 18.9 Å². The number of rotatable bonds is 11. The molecule has 1 aliphatic rings. The Morgan fingerprint density at radius 3 is 2.42 bits per heavy atom. The van der Waals surface area contributed by atoms with Gasteiger partial charge in [0, 0.05) is 24.0 Å². The van der Waals surface area contributed by atoms with Crippen LogP contribution in [0.15, 0.2) is 47.5 Å². The van der Waals surface area contributed by atoms with Crippen molar-refractivity contribution in [2.45, 2.75) is 12.8 Å². The fourth-order valence-corrected chi connectivity index (χ4v) is 4.06. The normalized spacial score (nSPS) is 13.5. The van der Waals surface area contributed by atoms with Crippen molar-refractivity contribution in [2.75, 3.05) is 24.5 Å². The molecule has 2 aromatic heterocycles. The van der Waals surface area contributed by atoms with E-state index in [-0.39, 0.29) is 30.9 Å². The van der Waals surface area contributed by atoms with E-state index in [4.69, 9.17) is 21.1 Å².